The first-order valence-corrected chi connectivity index (χ1v) is 5.65. The molecule has 0 saturated carbocycles. The number of fused-ring (bicyclic) bond motifs is 1. The Morgan fingerprint density at radius 2 is 1.83 bits per heavy atom. The molecule has 0 aliphatic heterocycles. The van der Waals surface area contributed by atoms with Crippen molar-refractivity contribution in [2.24, 2.45) is 0 Å². The minimum atomic E-state index is -0.943. The number of carboxylic acids is 1. The van der Waals surface area contributed by atoms with Crippen LogP contribution in [0.2, 0.25) is 0 Å². The molecule has 0 atom stereocenters. The van der Waals surface area contributed by atoms with Crippen molar-refractivity contribution in [1.82, 2.24) is 4.98 Å². The van der Waals surface area contributed by atoms with Crippen LogP contribution in [-0.4, -0.2) is 16.1 Å². The first kappa shape index (κ1) is 10.6. The third-order valence-corrected chi connectivity index (χ3v) is 3.01. The molecule has 1 aromatic heterocycles. The van der Waals surface area contributed by atoms with Crippen LogP contribution < -0.4 is 0 Å². The molecule has 0 unspecified atom stereocenters. The van der Waals surface area contributed by atoms with E-state index in [0.717, 1.165) is 21.9 Å². The lowest BCUT2D eigenvalue weighted by Crippen LogP contribution is -1.94. The van der Waals surface area contributed by atoms with E-state index in [2.05, 4.69) is 4.98 Å². The Labute approximate surface area is 104 Å². The summed E-state index contributed by atoms with van der Waals surface area (Å²) < 4.78 is 0. The molecule has 0 radical (unpaired) electrons. The number of benzene rings is 2. The highest BCUT2D eigenvalue weighted by atomic mass is 16.4. The van der Waals surface area contributed by atoms with Crippen molar-refractivity contribution in [1.29, 1.82) is 0 Å². The molecule has 0 bridgehead atoms. The van der Waals surface area contributed by atoms with E-state index in [4.69, 9.17) is 5.11 Å². The van der Waals surface area contributed by atoms with Crippen molar-refractivity contribution in [3.8, 4) is 11.1 Å². The third-order valence-electron chi connectivity index (χ3n) is 3.01. The van der Waals surface area contributed by atoms with E-state index >= 15 is 0 Å². The van der Waals surface area contributed by atoms with Gasteiger partial charge in [0.2, 0.25) is 0 Å². The fourth-order valence-electron chi connectivity index (χ4n) is 2.15. The molecule has 1 heterocycles. The van der Waals surface area contributed by atoms with E-state index < -0.39 is 5.97 Å². The summed E-state index contributed by atoms with van der Waals surface area (Å²) in [5.74, 6) is -0.943. The van der Waals surface area contributed by atoms with Crippen LogP contribution >= 0.6 is 0 Å². The summed E-state index contributed by atoms with van der Waals surface area (Å²) >= 11 is 0. The standard InChI is InChI=1S/C15H11NO2/c17-15(18)14-8-11(9-16-14)13-7-3-5-10-4-1-2-6-12(10)13/h1-9,16H,(H,17,18). The Bertz CT molecular complexity index is 723. The molecular weight excluding hydrogens is 226 g/mol. The largest absolute Gasteiger partial charge is 0.477 e. The Morgan fingerprint density at radius 1 is 1.06 bits per heavy atom. The molecule has 3 heteroatoms. The fourth-order valence-corrected chi connectivity index (χ4v) is 2.15. The number of H-pyrrole nitrogens is 1. The zero-order chi connectivity index (χ0) is 12.5. The summed E-state index contributed by atoms with van der Waals surface area (Å²) in [6, 6.07) is 15.7. The normalized spacial score (nSPS) is 10.7. The SMILES string of the molecule is O=C(O)c1cc(-c2cccc3ccccc23)c[nH]1. The summed E-state index contributed by atoms with van der Waals surface area (Å²) in [6.45, 7) is 0. The average molecular weight is 237 g/mol. The van der Waals surface area contributed by atoms with Crippen molar-refractivity contribution in [3.63, 3.8) is 0 Å². The number of aromatic amines is 1. The Morgan fingerprint density at radius 3 is 2.61 bits per heavy atom. The lowest BCUT2D eigenvalue weighted by atomic mass is 10.0. The van der Waals surface area contributed by atoms with E-state index in [0.29, 0.717) is 0 Å². The molecule has 0 aliphatic rings. The molecule has 3 aromatic rings. The van der Waals surface area contributed by atoms with E-state index in [1.165, 1.54) is 0 Å². The zero-order valence-electron chi connectivity index (χ0n) is 9.55. The molecule has 0 saturated heterocycles. The summed E-state index contributed by atoms with van der Waals surface area (Å²) in [5.41, 5.74) is 2.14. The minimum Gasteiger partial charge on any atom is -0.477 e. The maximum Gasteiger partial charge on any atom is 0.352 e. The number of aromatic nitrogens is 1. The number of carboxylic acid groups (broad SMARTS) is 1. The van der Waals surface area contributed by atoms with Gasteiger partial charge in [-0.3, -0.25) is 0 Å². The maximum atomic E-state index is 10.9. The lowest BCUT2D eigenvalue weighted by Gasteiger charge is -2.03. The van der Waals surface area contributed by atoms with Crippen LogP contribution in [0.25, 0.3) is 21.9 Å². The number of hydrogen-bond donors (Lipinski definition) is 2. The van der Waals surface area contributed by atoms with Crippen molar-refractivity contribution in [2.75, 3.05) is 0 Å². The minimum absolute atomic E-state index is 0.206. The zero-order valence-corrected chi connectivity index (χ0v) is 9.55. The topological polar surface area (TPSA) is 53.1 Å². The molecule has 0 amide bonds. The summed E-state index contributed by atoms with van der Waals surface area (Å²) in [7, 11) is 0. The molecule has 0 fully saturated rings. The molecule has 2 N–H and O–H groups in total. The van der Waals surface area contributed by atoms with Crippen LogP contribution in [0.15, 0.2) is 54.7 Å². The second-order valence-corrected chi connectivity index (χ2v) is 4.13. The quantitative estimate of drug-likeness (QED) is 0.716. The first-order chi connectivity index (χ1) is 8.75. The second-order valence-electron chi connectivity index (χ2n) is 4.13. The van der Waals surface area contributed by atoms with Crippen LogP contribution in [0.5, 0.6) is 0 Å². The second kappa shape index (κ2) is 4.04. The Balaban J connectivity index is 2.21. The van der Waals surface area contributed by atoms with Gasteiger partial charge >= 0.3 is 5.97 Å². The van der Waals surface area contributed by atoms with Gasteiger partial charge in [0.25, 0.3) is 0 Å². The number of rotatable bonds is 2. The number of hydrogen-bond acceptors (Lipinski definition) is 1. The van der Waals surface area contributed by atoms with Crippen molar-refractivity contribution in [3.05, 3.63) is 60.4 Å². The van der Waals surface area contributed by atoms with Crippen molar-refractivity contribution in [2.45, 2.75) is 0 Å². The van der Waals surface area contributed by atoms with Gasteiger partial charge in [-0.25, -0.2) is 4.79 Å². The third kappa shape index (κ3) is 1.66. The van der Waals surface area contributed by atoms with E-state index in [1.807, 2.05) is 42.5 Å². The van der Waals surface area contributed by atoms with Crippen LogP contribution in [0.3, 0.4) is 0 Å². The van der Waals surface area contributed by atoms with Gasteiger partial charge in [0, 0.05) is 11.8 Å². The molecule has 0 aliphatic carbocycles. The van der Waals surface area contributed by atoms with E-state index in [1.54, 1.807) is 12.3 Å². The summed E-state index contributed by atoms with van der Waals surface area (Å²) in [4.78, 5) is 13.6. The smallest absolute Gasteiger partial charge is 0.352 e. The van der Waals surface area contributed by atoms with Crippen LogP contribution in [0, 0.1) is 0 Å². The highest BCUT2D eigenvalue weighted by Gasteiger charge is 2.09. The first-order valence-electron chi connectivity index (χ1n) is 5.65. The average Bonchev–Trinajstić information content (AvgIpc) is 2.87. The van der Waals surface area contributed by atoms with E-state index in [9.17, 15) is 4.79 Å². The monoisotopic (exact) mass is 237 g/mol. The number of carbonyl (C=O) groups is 1. The lowest BCUT2D eigenvalue weighted by molar-refractivity contribution is 0.0691. The van der Waals surface area contributed by atoms with Gasteiger partial charge in [0.05, 0.1) is 0 Å². The van der Waals surface area contributed by atoms with Gasteiger partial charge < -0.3 is 10.1 Å². The molecule has 2 aromatic carbocycles. The molecule has 0 spiro atoms. The van der Waals surface area contributed by atoms with Gasteiger partial charge in [0.1, 0.15) is 5.69 Å². The molecule has 3 rings (SSSR count). The van der Waals surface area contributed by atoms with Gasteiger partial charge in [-0.15, -0.1) is 0 Å². The van der Waals surface area contributed by atoms with Gasteiger partial charge in [-0.2, -0.15) is 0 Å². The predicted octanol–water partition coefficient (Wildman–Crippen LogP) is 3.53. The number of aromatic carboxylic acids is 1. The molecular formula is C15H11NO2. The van der Waals surface area contributed by atoms with Gasteiger partial charge in [-0.1, -0.05) is 42.5 Å². The molecule has 3 nitrogen and oxygen atoms in total. The maximum absolute atomic E-state index is 10.9. The Hall–Kier alpha value is -2.55. The summed E-state index contributed by atoms with van der Waals surface area (Å²) in [6.07, 6.45) is 1.73. The van der Waals surface area contributed by atoms with Gasteiger partial charge in [0.15, 0.2) is 0 Å². The van der Waals surface area contributed by atoms with Crippen LogP contribution in [0.4, 0.5) is 0 Å². The van der Waals surface area contributed by atoms with E-state index in [-0.39, 0.29) is 5.69 Å². The molecule has 88 valence electrons. The van der Waals surface area contributed by atoms with Crippen molar-refractivity contribution >= 4 is 16.7 Å². The number of nitrogens with one attached hydrogen (secondary N) is 1. The molecule has 18 heavy (non-hydrogen) atoms. The highest BCUT2D eigenvalue weighted by molar-refractivity contribution is 5.98. The highest BCUT2D eigenvalue weighted by Crippen LogP contribution is 2.28. The van der Waals surface area contributed by atoms with Crippen molar-refractivity contribution < 1.29 is 9.90 Å². The van der Waals surface area contributed by atoms with Crippen LogP contribution in [-0.2, 0) is 0 Å². The van der Waals surface area contributed by atoms with Crippen LogP contribution in [0.1, 0.15) is 10.5 Å². The fraction of sp³-hybridized carbons (Fsp3) is 0. The van der Waals surface area contributed by atoms with Gasteiger partial charge in [-0.05, 0) is 22.4 Å². The predicted molar refractivity (Wildman–Crippen MR) is 70.7 cm³/mol. The Kier molecular flexibility index (Phi) is 2.38. The summed E-state index contributed by atoms with van der Waals surface area (Å²) in [5, 5.41) is 11.2.